The molecule has 0 saturated heterocycles. The van der Waals surface area contributed by atoms with Gasteiger partial charge >= 0.3 is 0 Å². The number of hydrogen-bond acceptors (Lipinski definition) is 1. The fraction of sp³-hybridized carbons (Fsp3) is 0.700. The Bertz CT molecular complexity index is 386. The summed E-state index contributed by atoms with van der Waals surface area (Å²) in [6.45, 7) is 8.24. The van der Waals surface area contributed by atoms with Crippen LogP contribution >= 0.6 is 0 Å². The van der Waals surface area contributed by atoms with Crippen molar-refractivity contribution < 1.29 is 0 Å². The van der Waals surface area contributed by atoms with Crippen molar-refractivity contribution in [2.45, 2.75) is 65.3 Å². The normalized spacial score (nSPS) is 27.5. The van der Waals surface area contributed by atoms with E-state index >= 15 is 0 Å². The molecule has 21 heavy (non-hydrogen) atoms. The second-order valence-corrected chi connectivity index (χ2v) is 7.13. The van der Waals surface area contributed by atoms with Gasteiger partial charge in [-0.05, 0) is 55.5 Å². The molecule has 0 aromatic heterocycles. The van der Waals surface area contributed by atoms with Crippen molar-refractivity contribution in [3.63, 3.8) is 0 Å². The van der Waals surface area contributed by atoms with Gasteiger partial charge in [-0.15, -0.1) is 0 Å². The molecule has 4 atom stereocenters. The third kappa shape index (κ3) is 5.14. The van der Waals surface area contributed by atoms with Crippen molar-refractivity contribution in [1.82, 2.24) is 5.32 Å². The third-order valence-electron chi connectivity index (χ3n) is 5.41. The van der Waals surface area contributed by atoms with Crippen LogP contribution in [0.1, 0.15) is 70.9 Å². The van der Waals surface area contributed by atoms with Gasteiger partial charge in [0.15, 0.2) is 0 Å². The Kier molecular flexibility index (Phi) is 6.76. The summed E-state index contributed by atoms with van der Waals surface area (Å²) in [5, 5.41) is 3.75. The minimum Gasteiger partial charge on any atom is -0.310 e. The molecule has 1 saturated carbocycles. The van der Waals surface area contributed by atoms with Gasteiger partial charge in [0, 0.05) is 6.04 Å². The van der Waals surface area contributed by atoms with E-state index in [1.807, 2.05) is 0 Å². The maximum absolute atomic E-state index is 3.75. The van der Waals surface area contributed by atoms with Crippen molar-refractivity contribution in [2.24, 2.45) is 17.8 Å². The lowest BCUT2D eigenvalue weighted by molar-refractivity contribution is 0.194. The number of hydrogen-bond donors (Lipinski definition) is 1. The lowest BCUT2D eigenvalue weighted by Crippen LogP contribution is -2.25. The van der Waals surface area contributed by atoms with Crippen LogP contribution in [0.4, 0.5) is 0 Å². The lowest BCUT2D eigenvalue weighted by Gasteiger charge is -2.33. The predicted molar refractivity (Wildman–Crippen MR) is 92.4 cm³/mol. The van der Waals surface area contributed by atoms with E-state index in [1.54, 1.807) is 0 Å². The first-order valence-electron chi connectivity index (χ1n) is 8.99. The van der Waals surface area contributed by atoms with E-state index in [9.17, 15) is 0 Å². The van der Waals surface area contributed by atoms with Crippen LogP contribution in [0.5, 0.6) is 0 Å². The summed E-state index contributed by atoms with van der Waals surface area (Å²) >= 11 is 0. The van der Waals surface area contributed by atoms with Gasteiger partial charge in [-0.3, -0.25) is 0 Å². The summed E-state index contributed by atoms with van der Waals surface area (Å²) in [6.07, 6.45) is 8.20. The second-order valence-electron chi connectivity index (χ2n) is 7.13. The molecular weight excluding hydrogens is 254 g/mol. The largest absolute Gasteiger partial charge is 0.310 e. The van der Waals surface area contributed by atoms with Crippen molar-refractivity contribution in [3.05, 3.63) is 35.9 Å². The van der Waals surface area contributed by atoms with E-state index in [4.69, 9.17) is 0 Å². The van der Waals surface area contributed by atoms with Gasteiger partial charge in [-0.25, -0.2) is 0 Å². The summed E-state index contributed by atoms with van der Waals surface area (Å²) in [5.41, 5.74) is 1.46. The summed E-state index contributed by atoms with van der Waals surface area (Å²) in [6, 6.07) is 11.5. The van der Waals surface area contributed by atoms with Gasteiger partial charge in [0.2, 0.25) is 0 Å². The summed E-state index contributed by atoms with van der Waals surface area (Å²) < 4.78 is 0. The van der Waals surface area contributed by atoms with Crippen LogP contribution in [0, 0.1) is 17.8 Å². The molecule has 1 nitrogen and oxygen atoms in total. The van der Waals surface area contributed by atoms with Gasteiger partial charge in [0.25, 0.3) is 0 Å². The molecule has 1 aromatic carbocycles. The van der Waals surface area contributed by atoms with Gasteiger partial charge < -0.3 is 5.32 Å². The minimum absolute atomic E-state index is 0.542. The van der Waals surface area contributed by atoms with E-state index in [2.05, 4.69) is 56.4 Å². The van der Waals surface area contributed by atoms with E-state index < -0.39 is 0 Å². The average molecular weight is 287 g/mol. The van der Waals surface area contributed by atoms with E-state index in [1.165, 1.54) is 44.1 Å². The van der Waals surface area contributed by atoms with Crippen LogP contribution in [0.2, 0.25) is 0 Å². The molecule has 118 valence electrons. The first-order valence-corrected chi connectivity index (χ1v) is 8.99. The molecular formula is C20H33N. The van der Waals surface area contributed by atoms with Gasteiger partial charge in [0.05, 0.1) is 0 Å². The Labute approximate surface area is 131 Å². The molecule has 0 amide bonds. The van der Waals surface area contributed by atoms with Crippen LogP contribution in [-0.2, 0) is 0 Å². The molecule has 1 aromatic rings. The summed E-state index contributed by atoms with van der Waals surface area (Å²) in [5.74, 6) is 2.80. The average Bonchev–Trinajstić information content (AvgIpc) is 2.51. The Hall–Kier alpha value is -0.820. The predicted octanol–water partition coefficient (Wildman–Crippen LogP) is 5.58. The Balaban J connectivity index is 1.87. The zero-order valence-corrected chi connectivity index (χ0v) is 14.1. The van der Waals surface area contributed by atoms with Crippen molar-refractivity contribution in [2.75, 3.05) is 6.54 Å². The van der Waals surface area contributed by atoms with E-state index in [-0.39, 0.29) is 0 Å². The topological polar surface area (TPSA) is 12.0 Å². The second kappa shape index (κ2) is 8.58. The van der Waals surface area contributed by atoms with Gasteiger partial charge in [-0.2, -0.15) is 0 Å². The van der Waals surface area contributed by atoms with Crippen molar-refractivity contribution >= 4 is 0 Å². The van der Waals surface area contributed by atoms with Crippen LogP contribution in [0.15, 0.2) is 30.3 Å². The highest BCUT2D eigenvalue weighted by Gasteiger charge is 2.25. The van der Waals surface area contributed by atoms with E-state index in [0.29, 0.717) is 6.04 Å². The number of nitrogens with one attached hydrogen (secondary N) is 1. The minimum atomic E-state index is 0.542. The fourth-order valence-electron chi connectivity index (χ4n) is 3.71. The Morgan fingerprint density at radius 1 is 1.10 bits per heavy atom. The maximum atomic E-state index is 3.75. The molecule has 2 rings (SSSR count). The first kappa shape index (κ1) is 16.5. The zero-order valence-electron chi connectivity index (χ0n) is 14.1. The Morgan fingerprint density at radius 2 is 1.86 bits per heavy atom. The molecule has 1 heteroatoms. The molecule has 1 fully saturated rings. The monoisotopic (exact) mass is 287 g/mol. The zero-order chi connectivity index (χ0) is 15.1. The highest BCUT2D eigenvalue weighted by molar-refractivity contribution is 5.18. The quantitative estimate of drug-likeness (QED) is 0.690. The molecule has 1 N–H and O–H groups in total. The SMILES string of the molecule is CCCNC(CCC1CCC(C)C(C)C1)c1ccccc1. The molecule has 0 radical (unpaired) electrons. The maximum Gasteiger partial charge on any atom is 0.0320 e. The molecule has 0 spiro atoms. The highest BCUT2D eigenvalue weighted by atomic mass is 14.9. The van der Waals surface area contributed by atoms with Crippen LogP contribution in [-0.4, -0.2) is 6.54 Å². The molecule has 1 aliphatic rings. The highest BCUT2D eigenvalue weighted by Crippen LogP contribution is 2.36. The van der Waals surface area contributed by atoms with E-state index in [0.717, 1.165) is 24.3 Å². The van der Waals surface area contributed by atoms with Crippen LogP contribution in [0.25, 0.3) is 0 Å². The fourth-order valence-corrected chi connectivity index (χ4v) is 3.71. The molecule has 0 heterocycles. The summed E-state index contributed by atoms with van der Waals surface area (Å²) in [7, 11) is 0. The van der Waals surface area contributed by atoms with Crippen LogP contribution < -0.4 is 5.32 Å². The smallest absolute Gasteiger partial charge is 0.0320 e. The lowest BCUT2D eigenvalue weighted by atomic mass is 9.74. The first-order chi connectivity index (χ1) is 10.2. The third-order valence-corrected chi connectivity index (χ3v) is 5.41. The summed E-state index contributed by atoms with van der Waals surface area (Å²) in [4.78, 5) is 0. The Morgan fingerprint density at radius 3 is 2.52 bits per heavy atom. The number of benzene rings is 1. The van der Waals surface area contributed by atoms with Crippen LogP contribution in [0.3, 0.4) is 0 Å². The molecule has 0 aliphatic heterocycles. The number of rotatable bonds is 7. The van der Waals surface area contributed by atoms with Gasteiger partial charge in [0.1, 0.15) is 0 Å². The van der Waals surface area contributed by atoms with Gasteiger partial charge in [-0.1, -0.05) is 63.9 Å². The standard InChI is InChI=1S/C20H33N/c1-4-14-21-20(19-8-6-5-7-9-19)13-12-18-11-10-16(2)17(3)15-18/h5-9,16-18,20-21H,4,10-15H2,1-3H3. The molecule has 0 bridgehead atoms. The molecule has 4 unspecified atom stereocenters. The van der Waals surface area contributed by atoms with Crippen molar-refractivity contribution in [3.8, 4) is 0 Å². The van der Waals surface area contributed by atoms with Crippen molar-refractivity contribution in [1.29, 1.82) is 0 Å². The molecule has 1 aliphatic carbocycles.